The predicted octanol–water partition coefficient (Wildman–Crippen LogP) is 1.96. The predicted molar refractivity (Wildman–Crippen MR) is 102 cm³/mol. The molecule has 2 unspecified atom stereocenters. The summed E-state index contributed by atoms with van der Waals surface area (Å²) in [6.07, 6.45) is 1.56. The Morgan fingerprint density at radius 2 is 2.00 bits per heavy atom. The normalized spacial score (nSPS) is 27.2. The molecule has 0 saturated carbocycles. The van der Waals surface area contributed by atoms with Gasteiger partial charge in [0.05, 0.1) is 13.3 Å². The number of amides is 1. The quantitative estimate of drug-likeness (QED) is 0.797. The number of anilines is 1. The van der Waals surface area contributed by atoms with Gasteiger partial charge in [-0.2, -0.15) is 4.89 Å². The summed E-state index contributed by atoms with van der Waals surface area (Å²) in [6, 6.07) is 16.4. The van der Waals surface area contributed by atoms with Crippen LogP contribution < -0.4 is 20.4 Å². The lowest BCUT2D eigenvalue weighted by Crippen LogP contribution is -2.60. The molecule has 0 bridgehead atoms. The van der Waals surface area contributed by atoms with Crippen LogP contribution in [0.1, 0.15) is 23.5 Å². The summed E-state index contributed by atoms with van der Waals surface area (Å²) in [5.74, 6) is 0.835. The van der Waals surface area contributed by atoms with Crippen LogP contribution >= 0.6 is 0 Å². The van der Waals surface area contributed by atoms with Crippen LogP contribution in [0.25, 0.3) is 0 Å². The van der Waals surface area contributed by atoms with Crippen molar-refractivity contribution in [3.05, 3.63) is 59.7 Å². The number of nitrogens with one attached hydrogen (secondary N) is 2. The van der Waals surface area contributed by atoms with Crippen molar-refractivity contribution in [2.45, 2.75) is 24.3 Å². The molecule has 0 radical (unpaired) electrons. The molecule has 0 aliphatic carbocycles. The van der Waals surface area contributed by atoms with Crippen LogP contribution in [-0.2, 0) is 16.1 Å². The van der Waals surface area contributed by atoms with Gasteiger partial charge in [-0.05, 0) is 25.1 Å². The summed E-state index contributed by atoms with van der Waals surface area (Å²) in [5, 5.41) is 6.58. The number of fused-ring (bicyclic) bond motifs is 1. The number of benzene rings is 2. The molecule has 2 aromatic rings. The molecule has 1 amide bonds. The Balaban J connectivity index is 1.64. The molecule has 5 rings (SSSR count). The van der Waals surface area contributed by atoms with Gasteiger partial charge in [-0.25, -0.2) is 0 Å². The SMILES string of the molecule is O=C1NCN(c2ccccc2)C12CCNCC2c1cccc2c1OOCC2. The monoisotopic (exact) mass is 365 g/mol. The highest BCUT2D eigenvalue weighted by molar-refractivity contribution is 5.95. The summed E-state index contributed by atoms with van der Waals surface area (Å²) in [6.45, 7) is 2.60. The molecule has 140 valence electrons. The van der Waals surface area contributed by atoms with Crippen molar-refractivity contribution in [3.63, 3.8) is 0 Å². The van der Waals surface area contributed by atoms with Gasteiger partial charge >= 0.3 is 0 Å². The number of rotatable bonds is 2. The second-order valence-corrected chi connectivity index (χ2v) is 7.35. The van der Waals surface area contributed by atoms with E-state index in [1.165, 1.54) is 0 Å². The van der Waals surface area contributed by atoms with E-state index in [-0.39, 0.29) is 11.8 Å². The molecule has 2 atom stereocenters. The van der Waals surface area contributed by atoms with Crippen LogP contribution in [0.4, 0.5) is 5.69 Å². The van der Waals surface area contributed by atoms with Gasteiger partial charge in [-0.1, -0.05) is 36.4 Å². The maximum atomic E-state index is 13.2. The van der Waals surface area contributed by atoms with Crippen LogP contribution in [0.15, 0.2) is 48.5 Å². The Bertz CT molecular complexity index is 857. The highest BCUT2D eigenvalue weighted by Crippen LogP contribution is 2.46. The van der Waals surface area contributed by atoms with Crippen LogP contribution in [0.5, 0.6) is 5.75 Å². The van der Waals surface area contributed by atoms with Crippen molar-refractivity contribution in [1.29, 1.82) is 0 Å². The lowest BCUT2D eigenvalue weighted by molar-refractivity contribution is -0.215. The molecule has 6 heteroatoms. The van der Waals surface area contributed by atoms with Crippen LogP contribution in [0.3, 0.4) is 0 Å². The summed E-state index contributed by atoms with van der Waals surface area (Å²) in [7, 11) is 0. The van der Waals surface area contributed by atoms with E-state index in [2.05, 4.69) is 45.9 Å². The maximum Gasteiger partial charge on any atom is 0.248 e. The van der Waals surface area contributed by atoms with Gasteiger partial charge in [0.15, 0.2) is 5.75 Å². The van der Waals surface area contributed by atoms with Crippen molar-refractivity contribution in [2.24, 2.45) is 0 Å². The number of hydrogen-bond donors (Lipinski definition) is 2. The number of carbonyl (C=O) groups is 1. The van der Waals surface area contributed by atoms with Gasteiger partial charge in [0.25, 0.3) is 0 Å². The Hall–Kier alpha value is -2.57. The largest absolute Gasteiger partial charge is 0.338 e. The van der Waals surface area contributed by atoms with E-state index in [1.54, 1.807) is 0 Å². The Morgan fingerprint density at radius 3 is 2.89 bits per heavy atom. The van der Waals surface area contributed by atoms with E-state index in [0.29, 0.717) is 13.3 Å². The van der Waals surface area contributed by atoms with E-state index >= 15 is 0 Å². The molecular weight excluding hydrogens is 342 g/mol. The summed E-state index contributed by atoms with van der Waals surface area (Å²) in [4.78, 5) is 26.4. The second kappa shape index (κ2) is 6.55. The van der Waals surface area contributed by atoms with Crippen LogP contribution in [-0.4, -0.2) is 37.8 Å². The van der Waals surface area contributed by atoms with Crippen LogP contribution in [0, 0.1) is 0 Å². The third-order valence-electron chi connectivity index (χ3n) is 6.05. The third kappa shape index (κ3) is 2.51. The Morgan fingerprint density at radius 1 is 1.11 bits per heavy atom. The zero-order valence-electron chi connectivity index (χ0n) is 15.1. The fourth-order valence-electron chi connectivity index (χ4n) is 4.76. The summed E-state index contributed by atoms with van der Waals surface area (Å²) in [5.41, 5.74) is 2.61. The highest BCUT2D eigenvalue weighted by Gasteiger charge is 2.56. The topological polar surface area (TPSA) is 62.8 Å². The van der Waals surface area contributed by atoms with Gasteiger partial charge in [-0.3, -0.25) is 4.79 Å². The first kappa shape index (κ1) is 16.6. The van der Waals surface area contributed by atoms with Gasteiger partial charge in [-0.15, -0.1) is 0 Å². The number of para-hydroxylation sites is 2. The van der Waals surface area contributed by atoms with Crippen molar-refractivity contribution in [2.75, 3.05) is 31.3 Å². The zero-order valence-corrected chi connectivity index (χ0v) is 15.1. The van der Waals surface area contributed by atoms with E-state index in [4.69, 9.17) is 9.78 Å². The molecule has 6 nitrogen and oxygen atoms in total. The molecule has 27 heavy (non-hydrogen) atoms. The lowest BCUT2D eigenvalue weighted by Gasteiger charge is -2.46. The average Bonchev–Trinajstić information content (AvgIpc) is 3.05. The molecule has 3 aliphatic rings. The fourth-order valence-corrected chi connectivity index (χ4v) is 4.76. The Labute approximate surface area is 158 Å². The number of carbonyl (C=O) groups excluding carboxylic acids is 1. The second-order valence-electron chi connectivity index (χ2n) is 7.35. The molecule has 2 saturated heterocycles. The molecule has 2 aromatic carbocycles. The van der Waals surface area contributed by atoms with Gasteiger partial charge in [0, 0.05) is 35.7 Å². The lowest BCUT2D eigenvalue weighted by atomic mass is 9.72. The van der Waals surface area contributed by atoms with E-state index < -0.39 is 5.54 Å². The van der Waals surface area contributed by atoms with Gasteiger partial charge in [0.2, 0.25) is 5.91 Å². The zero-order chi connectivity index (χ0) is 18.3. The standard InChI is InChI=1S/C21H23N3O3/c25-20-21(24(14-23-20)16-6-2-1-3-7-16)10-11-22-13-18(21)17-8-4-5-15-9-12-26-27-19(15)17/h1-8,18,22H,9-14H2,(H,23,25). The molecule has 0 aromatic heterocycles. The minimum atomic E-state index is -0.636. The molecule has 3 aliphatic heterocycles. The summed E-state index contributed by atoms with van der Waals surface area (Å²) >= 11 is 0. The fraction of sp³-hybridized carbons (Fsp3) is 0.381. The highest BCUT2D eigenvalue weighted by atomic mass is 17.2. The minimum absolute atomic E-state index is 0.0365. The molecular formula is C21H23N3O3. The molecule has 2 fully saturated rings. The van der Waals surface area contributed by atoms with E-state index in [0.717, 1.165) is 48.5 Å². The Kier molecular flexibility index (Phi) is 4.02. The number of nitrogens with zero attached hydrogens (tertiary/aromatic N) is 1. The third-order valence-corrected chi connectivity index (χ3v) is 6.05. The number of hydrogen-bond acceptors (Lipinski definition) is 5. The van der Waals surface area contributed by atoms with E-state index in [9.17, 15) is 4.79 Å². The molecule has 3 heterocycles. The smallest absolute Gasteiger partial charge is 0.248 e. The van der Waals surface area contributed by atoms with Crippen molar-refractivity contribution in [3.8, 4) is 5.75 Å². The van der Waals surface area contributed by atoms with Gasteiger partial charge < -0.3 is 20.4 Å². The average molecular weight is 365 g/mol. The van der Waals surface area contributed by atoms with Crippen molar-refractivity contribution in [1.82, 2.24) is 10.6 Å². The van der Waals surface area contributed by atoms with E-state index in [1.807, 2.05) is 18.2 Å². The first-order chi connectivity index (χ1) is 13.3. The molecule has 1 spiro atoms. The van der Waals surface area contributed by atoms with Crippen LogP contribution in [0.2, 0.25) is 0 Å². The van der Waals surface area contributed by atoms with Gasteiger partial charge in [0.1, 0.15) is 5.54 Å². The maximum absolute atomic E-state index is 13.2. The minimum Gasteiger partial charge on any atom is -0.338 e. The molecule has 2 N–H and O–H groups in total. The van der Waals surface area contributed by atoms with Crippen molar-refractivity contribution < 1.29 is 14.6 Å². The first-order valence-corrected chi connectivity index (χ1v) is 9.54. The first-order valence-electron chi connectivity index (χ1n) is 9.54. The number of piperidine rings is 1. The summed E-state index contributed by atoms with van der Waals surface area (Å²) < 4.78 is 0. The van der Waals surface area contributed by atoms with Crippen molar-refractivity contribution >= 4 is 11.6 Å².